The zero-order valence-electron chi connectivity index (χ0n) is 17.5. The topological polar surface area (TPSA) is 57.1 Å². The fourth-order valence-electron chi connectivity index (χ4n) is 3.16. The number of hydrogen-bond acceptors (Lipinski definition) is 5. The molecule has 1 aliphatic heterocycles. The van der Waals surface area contributed by atoms with Gasteiger partial charge >= 0.3 is 5.97 Å². The number of hydrogen-bond donors (Lipinski definition) is 0. The Morgan fingerprint density at radius 2 is 1.79 bits per heavy atom. The van der Waals surface area contributed by atoms with Gasteiger partial charge in [0.1, 0.15) is 6.61 Å². The van der Waals surface area contributed by atoms with E-state index in [1.165, 1.54) is 0 Å². The Balaban J connectivity index is 1.63. The number of ether oxygens (including phenoxy) is 3. The molecule has 0 amide bonds. The minimum absolute atomic E-state index is 0.189. The minimum atomic E-state index is -0.531. The largest absolute Gasteiger partial charge is 0.490 e. The van der Waals surface area contributed by atoms with Crippen LogP contribution in [0.15, 0.2) is 71.4 Å². The standard InChI is InChI=1S/C25H18ClI2NO4/c1-2-31-22-13-15(11-20(28)23(22)32-14-16-7-3-6-10-19(16)27)12-21-25(30)33-24(29-21)17-8-4-5-9-18(17)26/h3-13H,2,14H2,1H3/b21-12-. The molecular formula is C25H18ClI2NO4. The highest BCUT2D eigenvalue weighted by Gasteiger charge is 2.26. The highest BCUT2D eigenvalue weighted by atomic mass is 127. The summed E-state index contributed by atoms with van der Waals surface area (Å²) in [5.74, 6) is 0.920. The Morgan fingerprint density at radius 1 is 1.03 bits per heavy atom. The molecule has 168 valence electrons. The summed E-state index contributed by atoms with van der Waals surface area (Å²) >= 11 is 10.7. The van der Waals surface area contributed by atoms with Gasteiger partial charge in [0.15, 0.2) is 17.2 Å². The first-order valence-electron chi connectivity index (χ1n) is 10.1. The lowest BCUT2D eigenvalue weighted by Crippen LogP contribution is -2.05. The van der Waals surface area contributed by atoms with Crippen molar-refractivity contribution >= 4 is 74.7 Å². The van der Waals surface area contributed by atoms with Crippen molar-refractivity contribution in [3.8, 4) is 11.5 Å². The van der Waals surface area contributed by atoms with Crippen molar-refractivity contribution in [2.75, 3.05) is 6.61 Å². The summed E-state index contributed by atoms with van der Waals surface area (Å²) < 4.78 is 19.3. The van der Waals surface area contributed by atoms with Crippen LogP contribution in [0, 0.1) is 7.14 Å². The molecule has 0 radical (unpaired) electrons. The van der Waals surface area contributed by atoms with E-state index in [1.54, 1.807) is 24.3 Å². The molecule has 33 heavy (non-hydrogen) atoms. The van der Waals surface area contributed by atoms with Crippen molar-refractivity contribution in [3.63, 3.8) is 0 Å². The summed E-state index contributed by atoms with van der Waals surface area (Å²) in [6.07, 6.45) is 1.67. The molecule has 0 saturated heterocycles. The Bertz CT molecular complexity index is 1270. The van der Waals surface area contributed by atoms with E-state index in [-0.39, 0.29) is 11.6 Å². The normalized spacial score (nSPS) is 14.2. The van der Waals surface area contributed by atoms with Crippen LogP contribution in [-0.2, 0) is 16.1 Å². The van der Waals surface area contributed by atoms with Gasteiger partial charge in [0.05, 0.1) is 20.8 Å². The van der Waals surface area contributed by atoms with Gasteiger partial charge < -0.3 is 14.2 Å². The van der Waals surface area contributed by atoms with Gasteiger partial charge in [0.25, 0.3) is 0 Å². The number of nitrogens with zero attached hydrogens (tertiary/aromatic N) is 1. The van der Waals surface area contributed by atoms with E-state index in [0.717, 1.165) is 18.3 Å². The molecule has 0 N–H and O–H groups in total. The molecule has 0 aliphatic carbocycles. The monoisotopic (exact) mass is 685 g/mol. The highest BCUT2D eigenvalue weighted by Crippen LogP contribution is 2.36. The molecular weight excluding hydrogens is 668 g/mol. The van der Waals surface area contributed by atoms with E-state index in [0.29, 0.717) is 35.3 Å². The maximum atomic E-state index is 12.4. The first-order chi connectivity index (χ1) is 16.0. The summed E-state index contributed by atoms with van der Waals surface area (Å²) in [6, 6.07) is 18.9. The van der Waals surface area contributed by atoms with Crippen LogP contribution in [0.5, 0.6) is 11.5 Å². The molecule has 8 heteroatoms. The molecule has 0 fully saturated rings. The van der Waals surface area contributed by atoms with Crippen LogP contribution in [0.25, 0.3) is 6.08 Å². The molecule has 3 aromatic rings. The first kappa shape index (κ1) is 24.0. The summed E-state index contributed by atoms with van der Waals surface area (Å²) in [6.45, 7) is 2.82. The van der Waals surface area contributed by atoms with Gasteiger partial charge in [-0.25, -0.2) is 9.79 Å². The van der Waals surface area contributed by atoms with Crippen molar-refractivity contribution in [2.24, 2.45) is 4.99 Å². The molecule has 0 atom stereocenters. The fraction of sp³-hybridized carbons (Fsp3) is 0.120. The quantitative estimate of drug-likeness (QED) is 0.155. The molecule has 0 spiro atoms. The molecule has 1 aliphatic rings. The number of carbonyl (C=O) groups excluding carboxylic acids is 1. The Labute approximate surface area is 224 Å². The molecule has 0 unspecified atom stereocenters. The lowest BCUT2D eigenvalue weighted by molar-refractivity contribution is -0.129. The average Bonchev–Trinajstić information content (AvgIpc) is 3.14. The molecule has 1 heterocycles. The number of rotatable bonds is 7. The SMILES string of the molecule is CCOc1cc(/C=C2\N=C(c3ccccc3Cl)OC2=O)cc(I)c1OCc1ccccc1I. The summed E-state index contributed by atoms with van der Waals surface area (Å²) in [7, 11) is 0. The van der Waals surface area contributed by atoms with E-state index in [9.17, 15) is 4.79 Å². The number of aliphatic imine (C=N–C) groups is 1. The second-order valence-electron chi connectivity index (χ2n) is 6.96. The lowest BCUT2D eigenvalue weighted by atomic mass is 10.1. The van der Waals surface area contributed by atoms with Crippen molar-refractivity contribution in [2.45, 2.75) is 13.5 Å². The number of carbonyl (C=O) groups is 1. The molecule has 3 aromatic carbocycles. The number of cyclic esters (lactones) is 1. The van der Waals surface area contributed by atoms with Crippen LogP contribution in [0.2, 0.25) is 5.02 Å². The third-order valence-electron chi connectivity index (χ3n) is 4.69. The van der Waals surface area contributed by atoms with Crippen LogP contribution in [0.3, 0.4) is 0 Å². The number of esters is 1. The molecule has 4 rings (SSSR count). The van der Waals surface area contributed by atoms with Crippen molar-refractivity contribution in [1.82, 2.24) is 0 Å². The van der Waals surface area contributed by atoms with Gasteiger partial charge in [-0.1, -0.05) is 41.9 Å². The zero-order valence-corrected chi connectivity index (χ0v) is 22.6. The molecule has 0 aromatic heterocycles. The van der Waals surface area contributed by atoms with Crippen LogP contribution < -0.4 is 9.47 Å². The van der Waals surface area contributed by atoms with Gasteiger partial charge in [-0.3, -0.25) is 0 Å². The molecule has 0 saturated carbocycles. The first-order valence-corrected chi connectivity index (χ1v) is 12.6. The van der Waals surface area contributed by atoms with Gasteiger partial charge in [-0.15, -0.1) is 0 Å². The van der Waals surface area contributed by atoms with Gasteiger partial charge in [-0.05, 0) is 94.1 Å². The van der Waals surface area contributed by atoms with Crippen LogP contribution in [0.4, 0.5) is 0 Å². The lowest BCUT2D eigenvalue weighted by Gasteiger charge is -2.15. The summed E-state index contributed by atoms with van der Waals surface area (Å²) in [5.41, 5.74) is 2.61. The fourth-order valence-corrected chi connectivity index (χ4v) is 4.70. The summed E-state index contributed by atoms with van der Waals surface area (Å²) in [5, 5.41) is 0.466. The van der Waals surface area contributed by atoms with Gasteiger partial charge in [0, 0.05) is 9.13 Å². The molecule has 5 nitrogen and oxygen atoms in total. The van der Waals surface area contributed by atoms with Gasteiger partial charge in [-0.2, -0.15) is 0 Å². The maximum Gasteiger partial charge on any atom is 0.363 e. The maximum absolute atomic E-state index is 12.4. The Kier molecular flexibility index (Phi) is 7.92. The van der Waals surface area contributed by atoms with E-state index in [4.69, 9.17) is 25.8 Å². The Morgan fingerprint density at radius 3 is 2.55 bits per heavy atom. The van der Waals surface area contributed by atoms with Crippen molar-refractivity contribution in [3.05, 3.63) is 95.2 Å². The third-order valence-corrected chi connectivity index (χ3v) is 6.87. The van der Waals surface area contributed by atoms with Crippen LogP contribution >= 0.6 is 56.8 Å². The summed E-state index contributed by atoms with van der Waals surface area (Å²) in [4.78, 5) is 16.8. The number of benzene rings is 3. The minimum Gasteiger partial charge on any atom is -0.490 e. The van der Waals surface area contributed by atoms with E-state index < -0.39 is 5.97 Å². The zero-order chi connectivity index (χ0) is 23.4. The van der Waals surface area contributed by atoms with Gasteiger partial charge in [0.2, 0.25) is 5.90 Å². The predicted octanol–water partition coefficient (Wildman–Crippen LogP) is 6.87. The predicted molar refractivity (Wildman–Crippen MR) is 146 cm³/mol. The van der Waals surface area contributed by atoms with E-state index in [2.05, 4.69) is 50.2 Å². The molecule has 0 bridgehead atoms. The number of halogens is 3. The van der Waals surface area contributed by atoms with E-state index >= 15 is 0 Å². The van der Waals surface area contributed by atoms with Crippen LogP contribution in [0.1, 0.15) is 23.6 Å². The van der Waals surface area contributed by atoms with Crippen molar-refractivity contribution in [1.29, 1.82) is 0 Å². The van der Waals surface area contributed by atoms with Crippen LogP contribution in [-0.4, -0.2) is 18.5 Å². The second kappa shape index (κ2) is 10.9. The van der Waals surface area contributed by atoms with Crippen molar-refractivity contribution < 1.29 is 19.0 Å². The highest BCUT2D eigenvalue weighted by molar-refractivity contribution is 14.1. The third kappa shape index (κ3) is 5.70. The second-order valence-corrected chi connectivity index (χ2v) is 9.69. The smallest absolute Gasteiger partial charge is 0.363 e. The Hall–Kier alpha value is -2.11. The van der Waals surface area contributed by atoms with E-state index in [1.807, 2.05) is 49.4 Å². The average molecular weight is 686 g/mol.